The maximum atomic E-state index is 6.03. The van der Waals surface area contributed by atoms with Crippen molar-refractivity contribution in [1.82, 2.24) is 4.98 Å². The summed E-state index contributed by atoms with van der Waals surface area (Å²) in [6.45, 7) is 6.56. The second-order valence-corrected chi connectivity index (χ2v) is 4.43. The summed E-state index contributed by atoms with van der Waals surface area (Å²) in [6, 6.07) is 0.102. The number of hydrogen-bond acceptors (Lipinski definition) is 3. The molecule has 0 spiro atoms. The van der Waals surface area contributed by atoms with Crippen molar-refractivity contribution in [2.24, 2.45) is 17.6 Å². The molecule has 0 saturated heterocycles. The largest absolute Gasteiger partial charge is 0.322 e. The van der Waals surface area contributed by atoms with E-state index in [4.69, 9.17) is 5.73 Å². The van der Waals surface area contributed by atoms with Gasteiger partial charge in [-0.2, -0.15) is 0 Å². The van der Waals surface area contributed by atoms with Crippen molar-refractivity contribution in [3.05, 3.63) is 16.6 Å². The van der Waals surface area contributed by atoms with Crippen LogP contribution in [0.4, 0.5) is 0 Å². The molecule has 2 unspecified atom stereocenters. The highest BCUT2D eigenvalue weighted by atomic mass is 32.1. The lowest BCUT2D eigenvalue weighted by molar-refractivity contribution is 0.351. The zero-order chi connectivity index (χ0) is 9.14. The molecule has 0 saturated carbocycles. The molecule has 2 N–H and O–H groups in total. The van der Waals surface area contributed by atoms with Gasteiger partial charge in [0.25, 0.3) is 0 Å². The molecule has 0 amide bonds. The van der Waals surface area contributed by atoms with Crippen LogP contribution >= 0.6 is 11.3 Å². The number of nitrogens with zero attached hydrogens (tertiary/aromatic N) is 1. The molecule has 0 fully saturated rings. The van der Waals surface area contributed by atoms with Crippen molar-refractivity contribution in [2.75, 3.05) is 0 Å². The van der Waals surface area contributed by atoms with E-state index in [-0.39, 0.29) is 6.04 Å². The Balaban J connectivity index is 2.65. The van der Waals surface area contributed by atoms with Gasteiger partial charge in [-0.05, 0) is 11.8 Å². The van der Waals surface area contributed by atoms with E-state index >= 15 is 0 Å². The number of hydrogen-bond donors (Lipinski definition) is 1. The van der Waals surface area contributed by atoms with Gasteiger partial charge in [-0.15, -0.1) is 11.3 Å². The number of rotatable bonds is 3. The lowest BCUT2D eigenvalue weighted by atomic mass is 9.91. The summed E-state index contributed by atoms with van der Waals surface area (Å²) in [5, 5.41) is 3.03. The summed E-state index contributed by atoms with van der Waals surface area (Å²) in [7, 11) is 0. The van der Waals surface area contributed by atoms with Gasteiger partial charge >= 0.3 is 0 Å². The Hall–Kier alpha value is -0.410. The summed E-state index contributed by atoms with van der Waals surface area (Å²) in [6.07, 6.45) is 1.81. The average molecular weight is 184 g/mol. The molecular weight excluding hydrogens is 168 g/mol. The maximum absolute atomic E-state index is 6.03. The van der Waals surface area contributed by atoms with Crippen molar-refractivity contribution in [3.63, 3.8) is 0 Å². The standard InChI is InChI=1S/C9H16N2S/c1-6(2)7(3)8(10)9-11-4-5-12-9/h4-8H,10H2,1-3H3. The fourth-order valence-corrected chi connectivity index (χ4v) is 1.79. The van der Waals surface area contributed by atoms with Crippen molar-refractivity contribution in [3.8, 4) is 0 Å². The molecule has 2 atom stereocenters. The number of nitrogens with two attached hydrogens (primary N) is 1. The summed E-state index contributed by atoms with van der Waals surface area (Å²) in [5.74, 6) is 1.11. The molecule has 1 aromatic heterocycles. The molecule has 3 heteroatoms. The highest BCUT2D eigenvalue weighted by molar-refractivity contribution is 7.09. The van der Waals surface area contributed by atoms with E-state index < -0.39 is 0 Å². The first-order chi connectivity index (χ1) is 5.63. The van der Waals surface area contributed by atoms with E-state index in [2.05, 4.69) is 25.8 Å². The van der Waals surface area contributed by atoms with Gasteiger partial charge in [0.1, 0.15) is 5.01 Å². The predicted molar refractivity (Wildman–Crippen MR) is 53.0 cm³/mol. The Bertz CT molecular complexity index is 218. The summed E-state index contributed by atoms with van der Waals surface area (Å²) >= 11 is 1.64. The van der Waals surface area contributed by atoms with E-state index in [1.807, 2.05) is 11.6 Å². The molecule has 0 radical (unpaired) electrons. The van der Waals surface area contributed by atoms with E-state index in [0.717, 1.165) is 5.01 Å². The third kappa shape index (κ3) is 2.05. The van der Waals surface area contributed by atoms with Gasteiger partial charge in [-0.3, -0.25) is 0 Å². The summed E-state index contributed by atoms with van der Waals surface area (Å²) in [4.78, 5) is 4.21. The third-order valence-corrected chi connectivity index (χ3v) is 3.23. The topological polar surface area (TPSA) is 38.9 Å². The fraction of sp³-hybridized carbons (Fsp3) is 0.667. The Kier molecular flexibility index (Phi) is 3.23. The summed E-state index contributed by atoms with van der Waals surface area (Å²) in [5.41, 5.74) is 6.03. The van der Waals surface area contributed by atoms with Crippen LogP contribution in [-0.2, 0) is 0 Å². The zero-order valence-corrected chi connectivity index (χ0v) is 8.64. The number of thiazole rings is 1. The van der Waals surface area contributed by atoms with Crippen LogP contribution in [0.15, 0.2) is 11.6 Å². The van der Waals surface area contributed by atoms with Gasteiger partial charge in [0.2, 0.25) is 0 Å². The minimum absolute atomic E-state index is 0.102. The van der Waals surface area contributed by atoms with Crippen LogP contribution in [0.2, 0.25) is 0 Å². The van der Waals surface area contributed by atoms with Crippen molar-refractivity contribution >= 4 is 11.3 Å². The third-order valence-electron chi connectivity index (χ3n) is 2.35. The van der Waals surface area contributed by atoms with Gasteiger partial charge in [0.05, 0.1) is 6.04 Å². The SMILES string of the molecule is CC(C)C(C)C(N)c1nccs1. The normalized spacial score (nSPS) is 16.4. The smallest absolute Gasteiger partial charge is 0.110 e. The van der Waals surface area contributed by atoms with Crippen LogP contribution in [0, 0.1) is 11.8 Å². The Morgan fingerprint density at radius 3 is 2.50 bits per heavy atom. The second-order valence-electron chi connectivity index (χ2n) is 3.50. The lowest BCUT2D eigenvalue weighted by Crippen LogP contribution is -2.22. The average Bonchev–Trinajstić information content (AvgIpc) is 2.53. The van der Waals surface area contributed by atoms with Crippen LogP contribution in [0.25, 0.3) is 0 Å². The molecule has 0 aliphatic heterocycles. The van der Waals surface area contributed by atoms with Gasteiger partial charge in [-0.25, -0.2) is 4.98 Å². The predicted octanol–water partition coefficient (Wildman–Crippen LogP) is 2.44. The monoisotopic (exact) mass is 184 g/mol. The molecule has 0 aliphatic carbocycles. The van der Waals surface area contributed by atoms with Crippen LogP contribution in [0.5, 0.6) is 0 Å². The molecule has 1 heterocycles. The Labute approximate surface area is 77.8 Å². The van der Waals surface area contributed by atoms with Gasteiger partial charge in [0.15, 0.2) is 0 Å². The molecule has 1 rings (SSSR count). The van der Waals surface area contributed by atoms with Crippen LogP contribution in [0.1, 0.15) is 31.8 Å². The maximum Gasteiger partial charge on any atom is 0.110 e. The highest BCUT2D eigenvalue weighted by Crippen LogP contribution is 2.26. The van der Waals surface area contributed by atoms with Gasteiger partial charge in [-0.1, -0.05) is 20.8 Å². The Morgan fingerprint density at radius 1 is 1.42 bits per heavy atom. The molecule has 0 aliphatic rings. The fourth-order valence-electron chi connectivity index (χ4n) is 1.04. The minimum Gasteiger partial charge on any atom is -0.322 e. The Morgan fingerprint density at radius 2 is 2.08 bits per heavy atom. The molecular formula is C9H16N2S. The van der Waals surface area contributed by atoms with Crippen molar-refractivity contribution in [2.45, 2.75) is 26.8 Å². The molecule has 12 heavy (non-hydrogen) atoms. The first-order valence-corrected chi connectivity index (χ1v) is 5.16. The number of aromatic nitrogens is 1. The van der Waals surface area contributed by atoms with E-state index in [0.29, 0.717) is 11.8 Å². The second kappa shape index (κ2) is 4.01. The zero-order valence-electron chi connectivity index (χ0n) is 7.82. The van der Waals surface area contributed by atoms with Crippen molar-refractivity contribution < 1.29 is 0 Å². The van der Waals surface area contributed by atoms with Crippen LogP contribution in [-0.4, -0.2) is 4.98 Å². The van der Waals surface area contributed by atoms with Crippen LogP contribution < -0.4 is 5.73 Å². The lowest BCUT2D eigenvalue weighted by Gasteiger charge is -2.21. The quantitative estimate of drug-likeness (QED) is 0.783. The highest BCUT2D eigenvalue weighted by Gasteiger charge is 2.19. The molecule has 1 aromatic rings. The molecule has 2 nitrogen and oxygen atoms in total. The molecule has 0 aromatic carbocycles. The van der Waals surface area contributed by atoms with Gasteiger partial charge < -0.3 is 5.73 Å². The summed E-state index contributed by atoms with van der Waals surface area (Å²) < 4.78 is 0. The van der Waals surface area contributed by atoms with E-state index in [1.54, 1.807) is 11.3 Å². The first kappa shape index (κ1) is 9.68. The molecule has 68 valence electrons. The van der Waals surface area contributed by atoms with Crippen molar-refractivity contribution in [1.29, 1.82) is 0 Å². The van der Waals surface area contributed by atoms with Gasteiger partial charge in [0, 0.05) is 11.6 Å². The minimum atomic E-state index is 0.102. The van der Waals surface area contributed by atoms with Crippen LogP contribution in [0.3, 0.4) is 0 Å². The van der Waals surface area contributed by atoms with E-state index in [1.165, 1.54) is 0 Å². The molecule has 0 bridgehead atoms. The first-order valence-electron chi connectivity index (χ1n) is 4.28. The van der Waals surface area contributed by atoms with E-state index in [9.17, 15) is 0 Å².